The third-order valence-electron chi connectivity index (χ3n) is 4.18. The molecule has 0 saturated carbocycles. The monoisotopic (exact) mass is 380 g/mol. The molecule has 0 aromatic heterocycles. The Bertz CT molecular complexity index is 247. The van der Waals surface area contributed by atoms with Crippen LogP contribution in [0.4, 0.5) is 0 Å². The van der Waals surface area contributed by atoms with Gasteiger partial charge < -0.3 is 38.2 Å². The molecule has 1 heterocycles. The summed E-state index contributed by atoms with van der Waals surface area (Å²) in [6, 6.07) is 0. The first-order valence-electron chi connectivity index (χ1n) is 9.88. The van der Waals surface area contributed by atoms with Crippen LogP contribution in [0.2, 0.25) is 0 Å². The Hall–Kier alpha value is -0.320. The Morgan fingerprint density at radius 3 is 0.769 bits per heavy atom. The molecule has 0 aromatic carbocycles. The summed E-state index contributed by atoms with van der Waals surface area (Å²) in [7, 11) is 4.30. The fourth-order valence-corrected chi connectivity index (χ4v) is 2.32. The molecule has 0 amide bonds. The number of ether oxygens (including phenoxy) is 6. The Balaban J connectivity index is 2.13. The summed E-state index contributed by atoms with van der Waals surface area (Å²) in [5.74, 6) is 0. The molecule has 1 rings (SSSR count). The van der Waals surface area contributed by atoms with Gasteiger partial charge in [-0.15, -0.1) is 0 Å². The lowest BCUT2D eigenvalue weighted by atomic mass is 10.5. The highest BCUT2D eigenvalue weighted by atomic mass is 16.5. The number of hydrogen-bond donors (Lipinski definition) is 2. The van der Waals surface area contributed by atoms with Crippen molar-refractivity contribution in [2.45, 2.75) is 0 Å². The number of rotatable bonds is 0. The number of nitrogens with one attached hydrogen (secondary N) is 2. The first-order chi connectivity index (χ1) is 12.8. The first kappa shape index (κ1) is 23.7. The van der Waals surface area contributed by atoms with Gasteiger partial charge in [-0.05, 0) is 0 Å². The third-order valence-corrected chi connectivity index (χ3v) is 4.18. The van der Waals surface area contributed by atoms with Crippen LogP contribution in [0.5, 0.6) is 0 Å². The van der Waals surface area contributed by atoms with Gasteiger partial charge in [-0.3, -0.25) is 0 Å². The van der Waals surface area contributed by atoms with Crippen LogP contribution in [-0.2, 0) is 28.4 Å². The highest BCUT2D eigenvalue weighted by Gasteiger charge is 2.03. The fourth-order valence-electron chi connectivity index (χ4n) is 2.32. The molecule has 8 nitrogen and oxygen atoms in total. The molecule has 0 atom stereocenters. The van der Waals surface area contributed by atoms with Gasteiger partial charge in [0.2, 0.25) is 0 Å². The van der Waals surface area contributed by atoms with Crippen molar-refractivity contribution in [2.24, 2.45) is 0 Å². The predicted molar refractivity (Wildman–Crippen MR) is 98.2 cm³/mol. The summed E-state index contributed by atoms with van der Waals surface area (Å²) in [5, 5.41) is 0. The van der Waals surface area contributed by atoms with Crippen LogP contribution in [0.3, 0.4) is 0 Å². The van der Waals surface area contributed by atoms with Crippen LogP contribution in [0, 0.1) is 0 Å². The summed E-state index contributed by atoms with van der Waals surface area (Å²) >= 11 is 0. The van der Waals surface area contributed by atoms with Gasteiger partial charge in [0.25, 0.3) is 0 Å². The molecule has 0 spiro atoms. The van der Waals surface area contributed by atoms with Crippen LogP contribution in [-0.4, -0.2) is 120 Å². The van der Waals surface area contributed by atoms with Gasteiger partial charge in [0, 0.05) is 0 Å². The molecule has 156 valence electrons. The summed E-state index contributed by atoms with van der Waals surface area (Å²) < 4.78 is 33.4. The number of likely N-dealkylation sites (N-methyl/N-ethyl adjacent to an activating group) is 2. The van der Waals surface area contributed by atoms with Crippen molar-refractivity contribution in [1.29, 1.82) is 0 Å². The molecule has 0 radical (unpaired) electrons. The molecule has 1 aliphatic rings. The largest absolute Gasteiger partial charge is 0.377 e. The minimum Gasteiger partial charge on any atom is -0.377 e. The van der Waals surface area contributed by atoms with E-state index in [4.69, 9.17) is 28.4 Å². The summed E-state index contributed by atoms with van der Waals surface area (Å²) in [6.07, 6.45) is 0. The molecule has 1 aliphatic heterocycles. The molecule has 0 aromatic rings. The molecular formula is C18H40N2O6+2. The highest BCUT2D eigenvalue weighted by Crippen LogP contribution is 1.82. The van der Waals surface area contributed by atoms with Gasteiger partial charge in [0.1, 0.15) is 26.2 Å². The average molecular weight is 381 g/mol. The minimum atomic E-state index is 0.619. The Labute approximate surface area is 158 Å². The maximum atomic E-state index is 5.59. The second-order valence-electron chi connectivity index (χ2n) is 6.59. The maximum absolute atomic E-state index is 5.59. The van der Waals surface area contributed by atoms with Gasteiger partial charge in [-0.1, -0.05) is 0 Å². The number of quaternary nitrogens is 2. The van der Waals surface area contributed by atoms with Crippen molar-refractivity contribution in [3.8, 4) is 0 Å². The van der Waals surface area contributed by atoms with Crippen LogP contribution in [0.1, 0.15) is 0 Å². The van der Waals surface area contributed by atoms with E-state index in [0.29, 0.717) is 52.9 Å². The van der Waals surface area contributed by atoms with E-state index in [0.717, 1.165) is 52.6 Å². The summed E-state index contributed by atoms with van der Waals surface area (Å²) in [5.41, 5.74) is 0. The van der Waals surface area contributed by atoms with E-state index < -0.39 is 0 Å². The van der Waals surface area contributed by atoms with Gasteiger partial charge in [-0.2, -0.15) is 0 Å². The molecule has 1 saturated heterocycles. The van der Waals surface area contributed by atoms with Gasteiger partial charge >= 0.3 is 0 Å². The van der Waals surface area contributed by atoms with E-state index >= 15 is 0 Å². The molecule has 2 N–H and O–H groups in total. The van der Waals surface area contributed by atoms with E-state index in [2.05, 4.69) is 14.1 Å². The SMILES string of the molecule is C[NH+]1CCOCCOCCOCC[NH+](C)CCOCCOCCOCC1. The average Bonchev–Trinajstić information content (AvgIpc) is 2.63. The fraction of sp³-hybridized carbons (Fsp3) is 1.00. The molecule has 26 heavy (non-hydrogen) atoms. The molecular weight excluding hydrogens is 340 g/mol. The Kier molecular flexibility index (Phi) is 16.5. The second-order valence-corrected chi connectivity index (χ2v) is 6.59. The molecule has 1 fully saturated rings. The normalized spacial score (nSPS) is 28.8. The van der Waals surface area contributed by atoms with Crippen LogP contribution in [0.25, 0.3) is 0 Å². The zero-order valence-corrected chi connectivity index (χ0v) is 16.8. The van der Waals surface area contributed by atoms with Crippen LogP contribution in [0.15, 0.2) is 0 Å². The van der Waals surface area contributed by atoms with E-state index in [1.165, 1.54) is 9.80 Å². The molecule has 0 unspecified atom stereocenters. The van der Waals surface area contributed by atoms with E-state index in [-0.39, 0.29) is 0 Å². The quantitative estimate of drug-likeness (QED) is 0.471. The smallest absolute Gasteiger partial charge is 0.101 e. The third kappa shape index (κ3) is 15.9. The van der Waals surface area contributed by atoms with Crippen LogP contribution < -0.4 is 9.80 Å². The number of hydrogen-bond acceptors (Lipinski definition) is 6. The summed E-state index contributed by atoms with van der Waals surface area (Å²) in [6.45, 7) is 11.8. The summed E-state index contributed by atoms with van der Waals surface area (Å²) in [4.78, 5) is 2.80. The molecule has 0 aliphatic carbocycles. The van der Waals surface area contributed by atoms with E-state index in [9.17, 15) is 0 Å². The van der Waals surface area contributed by atoms with Crippen molar-refractivity contribution in [2.75, 3.05) is 120 Å². The lowest BCUT2D eigenvalue weighted by Crippen LogP contribution is -3.10. The highest BCUT2D eigenvalue weighted by molar-refractivity contribution is 4.37. The van der Waals surface area contributed by atoms with Crippen LogP contribution >= 0.6 is 0 Å². The van der Waals surface area contributed by atoms with Crippen molar-refractivity contribution in [1.82, 2.24) is 0 Å². The zero-order chi connectivity index (χ0) is 18.7. The van der Waals surface area contributed by atoms with Crippen molar-refractivity contribution >= 4 is 0 Å². The van der Waals surface area contributed by atoms with Gasteiger partial charge in [0.15, 0.2) is 0 Å². The van der Waals surface area contributed by atoms with Crippen molar-refractivity contribution in [3.05, 3.63) is 0 Å². The Morgan fingerprint density at radius 2 is 0.538 bits per heavy atom. The minimum absolute atomic E-state index is 0.619. The second kappa shape index (κ2) is 18.1. The molecule has 8 heteroatoms. The molecule has 0 bridgehead atoms. The Morgan fingerprint density at radius 1 is 0.346 bits per heavy atom. The standard InChI is InChI=1S/C18H38N2O6/c1-19-3-7-21-11-15-25-17-13-23-9-5-20(2)6-10-24-14-18-26-16-12-22-8-4-19/h3-18H2,1-2H3/p+2. The van der Waals surface area contributed by atoms with Gasteiger partial charge in [-0.25, -0.2) is 0 Å². The van der Waals surface area contributed by atoms with Crippen molar-refractivity contribution in [3.63, 3.8) is 0 Å². The van der Waals surface area contributed by atoms with Crippen molar-refractivity contribution < 1.29 is 38.2 Å². The van der Waals surface area contributed by atoms with E-state index in [1.54, 1.807) is 0 Å². The van der Waals surface area contributed by atoms with Gasteiger partial charge in [0.05, 0.1) is 93.4 Å². The lowest BCUT2D eigenvalue weighted by molar-refractivity contribution is -0.880. The first-order valence-corrected chi connectivity index (χ1v) is 9.88. The maximum Gasteiger partial charge on any atom is 0.101 e. The lowest BCUT2D eigenvalue weighted by Gasteiger charge is -2.15. The topological polar surface area (TPSA) is 64.3 Å². The van der Waals surface area contributed by atoms with E-state index in [1.807, 2.05) is 0 Å². The zero-order valence-electron chi connectivity index (χ0n) is 16.8. The predicted octanol–water partition coefficient (Wildman–Crippen LogP) is -2.87.